The number of rotatable bonds is 3. The van der Waals surface area contributed by atoms with Crippen molar-refractivity contribution in [3.63, 3.8) is 0 Å². The van der Waals surface area contributed by atoms with Crippen LogP contribution in [0.15, 0.2) is 0 Å². The van der Waals surface area contributed by atoms with Gasteiger partial charge in [0.1, 0.15) is 0 Å². The molecule has 0 rings (SSSR count). The van der Waals surface area contributed by atoms with Crippen LogP contribution in [0.25, 0.3) is 0 Å². The van der Waals surface area contributed by atoms with Crippen LogP contribution in [0.2, 0.25) is 0 Å². The first kappa shape index (κ1) is 16.5. The Labute approximate surface area is 106 Å². The van der Waals surface area contributed by atoms with Crippen LogP contribution in [0.5, 0.6) is 0 Å². The van der Waals surface area contributed by atoms with Gasteiger partial charge in [-0.25, -0.2) is 0 Å². The SMILES string of the molecule is C[PH](C)(C)[Co]([I])([PH](C)(C)C)[PH](C)(C)C. The van der Waals surface area contributed by atoms with Crippen molar-refractivity contribution in [3.8, 4) is 0 Å². The molecule has 0 aliphatic heterocycles. The van der Waals surface area contributed by atoms with Gasteiger partial charge in [0.15, 0.2) is 0 Å². The summed E-state index contributed by atoms with van der Waals surface area (Å²) in [5.74, 6) is -2.89. The van der Waals surface area contributed by atoms with Crippen molar-refractivity contribution in [2.45, 2.75) is 0 Å². The quantitative estimate of drug-likeness (QED) is 0.478. The molecule has 0 atom stereocenters. The molecule has 0 spiro atoms. The number of hydrogen-bond donors (Lipinski definition) is 0. The molecular formula is C9H30CoIP3. The Morgan fingerprint density at radius 3 is 0.714 bits per heavy atom. The zero-order valence-corrected chi connectivity index (χ0v) is 17.4. The van der Waals surface area contributed by atoms with Crippen LogP contribution in [-0.2, 0) is 8.09 Å². The third-order valence-electron chi connectivity index (χ3n) is 2.07. The molecular weight excluding hydrogens is 387 g/mol. The molecule has 0 aromatic rings. The van der Waals surface area contributed by atoms with Crippen LogP contribution in [0.4, 0.5) is 0 Å². The van der Waals surface area contributed by atoms with E-state index in [0.717, 1.165) is 0 Å². The number of halogens is 1. The molecule has 0 aliphatic rings. The Morgan fingerprint density at radius 1 is 0.571 bits per heavy atom. The summed E-state index contributed by atoms with van der Waals surface area (Å²) < 4.78 is 0. The van der Waals surface area contributed by atoms with Crippen molar-refractivity contribution in [2.24, 2.45) is 0 Å². The zero-order valence-electron chi connectivity index (χ0n) is 11.2. The van der Waals surface area contributed by atoms with Crippen LogP contribution in [0, 0.1) is 0 Å². The van der Waals surface area contributed by atoms with E-state index in [9.17, 15) is 0 Å². The summed E-state index contributed by atoms with van der Waals surface area (Å²) in [4.78, 5) is 0. The van der Waals surface area contributed by atoms with E-state index in [2.05, 4.69) is 80.4 Å². The normalized spacial score (nSPS) is 25.0. The van der Waals surface area contributed by atoms with Gasteiger partial charge in [0.05, 0.1) is 0 Å². The Balaban J connectivity index is 5.54. The van der Waals surface area contributed by atoms with E-state index in [0.29, 0.717) is 0 Å². The molecule has 0 amide bonds. The molecule has 0 nitrogen and oxygen atoms in total. The average Bonchev–Trinajstić information content (AvgIpc) is 1.77. The third-order valence-corrected chi connectivity index (χ3v) is 103. The van der Waals surface area contributed by atoms with Crippen molar-refractivity contribution in [1.29, 1.82) is 0 Å². The summed E-state index contributed by atoms with van der Waals surface area (Å²) in [6, 6.07) is 0. The Kier molecular flexibility index (Phi) is 5.50. The summed E-state index contributed by atoms with van der Waals surface area (Å²) >= 11 is 2.99. The molecule has 14 heavy (non-hydrogen) atoms. The van der Waals surface area contributed by atoms with E-state index in [4.69, 9.17) is 0 Å². The fourth-order valence-electron chi connectivity index (χ4n) is 2.25. The Bertz CT molecular complexity index is 174. The van der Waals surface area contributed by atoms with Gasteiger partial charge in [0.25, 0.3) is 0 Å². The van der Waals surface area contributed by atoms with E-state index in [1.807, 2.05) is 0 Å². The van der Waals surface area contributed by atoms with Gasteiger partial charge in [0, 0.05) is 0 Å². The topological polar surface area (TPSA) is 0 Å². The molecule has 97 valence electrons. The van der Waals surface area contributed by atoms with Crippen LogP contribution < -0.4 is 0 Å². The Hall–Kier alpha value is 2.53. The van der Waals surface area contributed by atoms with Gasteiger partial charge >= 0.3 is 106 Å². The second kappa shape index (κ2) is 4.66. The zero-order chi connectivity index (χ0) is 12.0. The van der Waals surface area contributed by atoms with Crippen molar-refractivity contribution < 1.29 is 8.09 Å². The minimum absolute atomic E-state index is 0.613. The first-order valence-electron chi connectivity index (χ1n) is 5.13. The van der Waals surface area contributed by atoms with Gasteiger partial charge in [-0.3, -0.25) is 0 Å². The van der Waals surface area contributed by atoms with Crippen LogP contribution in [0.1, 0.15) is 0 Å². The monoisotopic (exact) mass is 417 g/mol. The van der Waals surface area contributed by atoms with Gasteiger partial charge in [-0.05, 0) is 0 Å². The summed E-state index contributed by atoms with van der Waals surface area (Å²) in [7, 11) is -0.613. The molecule has 0 fully saturated rings. The molecule has 0 aromatic carbocycles. The molecule has 5 heteroatoms. The van der Waals surface area contributed by atoms with Crippen molar-refractivity contribution in [3.05, 3.63) is 0 Å². The van der Waals surface area contributed by atoms with E-state index in [1.54, 1.807) is 0 Å². The fourth-order valence-corrected chi connectivity index (χ4v) is 83.5. The van der Waals surface area contributed by atoms with Gasteiger partial charge < -0.3 is 0 Å². The molecule has 0 aromatic heterocycles. The predicted octanol–water partition coefficient (Wildman–Crippen LogP) is 4.15. The molecule has 0 saturated heterocycles. The Morgan fingerprint density at radius 2 is 0.714 bits per heavy atom. The van der Waals surface area contributed by atoms with Gasteiger partial charge in [-0.2, -0.15) is 0 Å². The van der Waals surface area contributed by atoms with E-state index in [-0.39, 0.29) is 0 Å². The summed E-state index contributed by atoms with van der Waals surface area (Å²) in [6.45, 7) is 23.5. The predicted molar refractivity (Wildman–Crippen MR) is 92.3 cm³/mol. The molecule has 0 aliphatic carbocycles. The van der Waals surface area contributed by atoms with Gasteiger partial charge in [-0.1, -0.05) is 0 Å². The molecule has 0 saturated carbocycles. The first-order chi connectivity index (χ1) is 5.75. The standard InChI is InChI=1S/3C3H9P.Co.HI/c3*1-4(2)3;;/h3*1-3H3;;1H/q;;;-2;/p+2. The second-order valence-corrected chi connectivity index (χ2v) is 57.0. The van der Waals surface area contributed by atoms with E-state index in [1.165, 1.54) is 0 Å². The maximum atomic E-state index is 2.99. The van der Waals surface area contributed by atoms with E-state index >= 15 is 0 Å². The van der Waals surface area contributed by atoms with Gasteiger partial charge in [-0.15, -0.1) is 0 Å². The molecule has 0 heterocycles. The summed E-state index contributed by atoms with van der Waals surface area (Å²) in [6.07, 6.45) is 0. The van der Waals surface area contributed by atoms with Crippen LogP contribution >= 0.6 is 38.4 Å². The average molecular weight is 417 g/mol. The van der Waals surface area contributed by atoms with Gasteiger partial charge in [0.2, 0.25) is 0 Å². The first-order valence-corrected chi connectivity index (χ1v) is 23.2. The molecule has 0 unspecified atom stereocenters. The fraction of sp³-hybridized carbons (Fsp3) is 1.00. The minimum atomic E-state index is -0.962. The molecule has 0 radical (unpaired) electrons. The maximum absolute atomic E-state index is 2.99. The summed E-state index contributed by atoms with van der Waals surface area (Å²) in [5.41, 5.74) is 0. The molecule has 0 bridgehead atoms. The summed E-state index contributed by atoms with van der Waals surface area (Å²) in [5, 5.41) is 0. The van der Waals surface area contributed by atoms with Crippen LogP contribution in [0.3, 0.4) is 0 Å². The third kappa shape index (κ3) is 3.05. The van der Waals surface area contributed by atoms with Crippen molar-refractivity contribution in [2.75, 3.05) is 60.0 Å². The molecule has 0 N–H and O–H groups in total. The van der Waals surface area contributed by atoms with Crippen LogP contribution in [-0.4, -0.2) is 60.0 Å². The van der Waals surface area contributed by atoms with Crippen molar-refractivity contribution >= 4 is 38.4 Å². The second-order valence-electron chi connectivity index (χ2n) is 6.44. The van der Waals surface area contributed by atoms with E-state index < -0.39 is 26.1 Å². The number of hydrogen-bond acceptors (Lipinski definition) is 0. The van der Waals surface area contributed by atoms with Crippen molar-refractivity contribution in [1.82, 2.24) is 0 Å².